The molecule has 0 spiro atoms. The summed E-state index contributed by atoms with van der Waals surface area (Å²) < 4.78 is 32.7. The lowest BCUT2D eigenvalue weighted by Crippen LogP contribution is -2.57. The predicted molar refractivity (Wildman–Crippen MR) is 167 cm³/mol. The number of aromatic nitrogens is 1. The Bertz CT molecular complexity index is 1700. The molecule has 2 saturated heterocycles. The van der Waals surface area contributed by atoms with Crippen molar-refractivity contribution in [3.8, 4) is 17.0 Å². The van der Waals surface area contributed by atoms with Crippen LogP contribution in [0.25, 0.3) is 22.2 Å². The lowest BCUT2D eigenvalue weighted by atomic mass is 9.81. The molecule has 10 heteroatoms. The van der Waals surface area contributed by atoms with E-state index in [2.05, 4.69) is 33.5 Å². The molecule has 5 atom stereocenters. The molecule has 8 rings (SSSR count). The zero-order valence-electron chi connectivity index (χ0n) is 25.3. The molecule has 0 radical (unpaired) electrons. The van der Waals surface area contributed by atoms with Gasteiger partial charge in [-0.1, -0.05) is 25.3 Å². The van der Waals surface area contributed by atoms with Crippen LogP contribution in [0.4, 0.5) is 0 Å². The molecule has 232 valence electrons. The van der Waals surface area contributed by atoms with Crippen LogP contribution in [0, 0.1) is 5.41 Å². The summed E-state index contributed by atoms with van der Waals surface area (Å²) in [7, 11) is 3.85. The molecule has 2 bridgehead atoms. The molecule has 2 aromatic carbocycles. The summed E-state index contributed by atoms with van der Waals surface area (Å²) in [5.41, 5.74) is 5.39. The number of likely N-dealkylation sites (N-methyl/N-ethyl adjacent to an activating group) is 1. The summed E-state index contributed by atoms with van der Waals surface area (Å²) in [6.45, 7) is 2.36. The van der Waals surface area contributed by atoms with Crippen molar-refractivity contribution in [3.05, 3.63) is 53.1 Å². The van der Waals surface area contributed by atoms with Crippen LogP contribution in [-0.4, -0.2) is 74.3 Å². The van der Waals surface area contributed by atoms with Gasteiger partial charge in [-0.15, -0.1) is 0 Å². The summed E-state index contributed by atoms with van der Waals surface area (Å²) in [5, 5.41) is 1.09. The van der Waals surface area contributed by atoms with Gasteiger partial charge in [0, 0.05) is 70.9 Å². The monoisotopic (exact) mass is 615 g/mol. The summed E-state index contributed by atoms with van der Waals surface area (Å²) in [5.74, 6) is 0.868. The number of methoxy groups -OCH3 is 1. The Labute approximate surface area is 260 Å². The van der Waals surface area contributed by atoms with Gasteiger partial charge >= 0.3 is 0 Å². The number of carbonyl (C=O) groups excluding carboxylic acids is 2. The highest BCUT2D eigenvalue weighted by atomic mass is 32.2. The van der Waals surface area contributed by atoms with Gasteiger partial charge in [-0.2, -0.15) is 0 Å². The molecule has 4 fully saturated rings. The van der Waals surface area contributed by atoms with Gasteiger partial charge in [-0.05, 0) is 86.5 Å². The van der Waals surface area contributed by atoms with Crippen molar-refractivity contribution in [2.45, 2.75) is 81.8 Å². The summed E-state index contributed by atoms with van der Waals surface area (Å²) in [6, 6.07) is 12.4. The second-order valence-electron chi connectivity index (χ2n) is 13.8. The van der Waals surface area contributed by atoms with E-state index in [1.807, 2.05) is 22.9 Å². The van der Waals surface area contributed by atoms with Crippen molar-refractivity contribution in [1.82, 2.24) is 19.1 Å². The largest absolute Gasteiger partial charge is 0.755 e. The molecule has 5 unspecified atom stereocenters. The SMILES string of the molecule is COc1ccc2c(c1)C1CC1(C(=O)N1C3CCC1CN(C)C3)Cn1c-2c(C2CCCCC2)c2ccc(C(=O)NS(=O)[O-])cc21. The molecule has 3 aromatic rings. The van der Waals surface area contributed by atoms with Crippen LogP contribution < -0.4 is 9.46 Å². The van der Waals surface area contributed by atoms with E-state index >= 15 is 0 Å². The third kappa shape index (κ3) is 4.28. The Balaban J connectivity index is 1.34. The number of fused-ring (bicyclic) bond motifs is 9. The molecule has 2 saturated carbocycles. The van der Waals surface area contributed by atoms with E-state index < -0.39 is 22.6 Å². The molecule has 1 N–H and O–H groups in total. The lowest BCUT2D eigenvalue weighted by Gasteiger charge is -2.41. The van der Waals surface area contributed by atoms with Crippen molar-refractivity contribution in [3.63, 3.8) is 0 Å². The van der Waals surface area contributed by atoms with Crippen LogP contribution in [0.2, 0.25) is 0 Å². The highest BCUT2D eigenvalue weighted by molar-refractivity contribution is 7.77. The van der Waals surface area contributed by atoms with Crippen LogP contribution >= 0.6 is 0 Å². The van der Waals surface area contributed by atoms with Gasteiger partial charge in [0.15, 0.2) is 0 Å². The number of rotatable bonds is 5. The van der Waals surface area contributed by atoms with E-state index in [-0.39, 0.29) is 23.9 Å². The highest BCUT2D eigenvalue weighted by Crippen LogP contribution is 2.66. The van der Waals surface area contributed by atoms with Crippen LogP contribution in [0.3, 0.4) is 0 Å². The molecule has 3 aliphatic heterocycles. The first-order chi connectivity index (χ1) is 21.3. The van der Waals surface area contributed by atoms with Crippen LogP contribution in [-0.2, 0) is 22.6 Å². The zero-order chi connectivity index (χ0) is 30.3. The predicted octanol–water partition coefficient (Wildman–Crippen LogP) is 4.68. The number of hydrogen-bond donors (Lipinski definition) is 1. The highest BCUT2D eigenvalue weighted by Gasteiger charge is 2.65. The van der Waals surface area contributed by atoms with E-state index in [0.29, 0.717) is 18.0 Å². The summed E-state index contributed by atoms with van der Waals surface area (Å²) >= 11 is -2.71. The van der Waals surface area contributed by atoms with Gasteiger partial charge in [-0.3, -0.25) is 18.5 Å². The molecule has 1 aromatic heterocycles. The zero-order valence-corrected chi connectivity index (χ0v) is 26.2. The summed E-state index contributed by atoms with van der Waals surface area (Å²) in [6.07, 6.45) is 8.69. The number of piperazine rings is 1. The number of ether oxygens (including phenoxy) is 1. The van der Waals surface area contributed by atoms with Crippen molar-refractivity contribution >= 4 is 34.0 Å². The molecular formula is C34H39N4O5S-. The molecule has 5 aliphatic rings. The fourth-order valence-corrected chi connectivity index (χ4v) is 9.53. The minimum Gasteiger partial charge on any atom is -0.755 e. The van der Waals surface area contributed by atoms with Crippen molar-refractivity contribution in [2.24, 2.45) is 5.41 Å². The summed E-state index contributed by atoms with van der Waals surface area (Å²) in [4.78, 5) is 32.4. The van der Waals surface area contributed by atoms with Crippen LogP contribution in [0.15, 0.2) is 36.4 Å². The lowest BCUT2D eigenvalue weighted by molar-refractivity contribution is -0.143. The second kappa shape index (κ2) is 10.4. The average molecular weight is 616 g/mol. The molecule has 4 heterocycles. The molecular weight excluding hydrogens is 576 g/mol. The van der Waals surface area contributed by atoms with Crippen molar-refractivity contribution in [2.75, 3.05) is 27.2 Å². The number of nitrogens with zero attached hydrogens (tertiary/aromatic N) is 3. The average Bonchev–Trinajstić information content (AvgIpc) is 3.60. The molecule has 9 nitrogen and oxygen atoms in total. The number of nitrogens with one attached hydrogen (secondary N) is 1. The van der Waals surface area contributed by atoms with E-state index in [9.17, 15) is 18.4 Å². The molecule has 2 aliphatic carbocycles. The first-order valence-corrected chi connectivity index (χ1v) is 17.1. The fraction of sp³-hybridized carbons (Fsp3) is 0.529. The first-order valence-electron chi connectivity index (χ1n) is 16.0. The van der Waals surface area contributed by atoms with Gasteiger partial charge in [0.2, 0.25) is 5.91 Å². The van der Waals surface area contributed by atoms with Gasteiger partial charge in [-0.25, -0.2) is 0 Å². The Morgan fingerprint density at radius 2 is 1.77 bits per heavy atom. The van der Waals surface area contributed by atoms with Crippen LogP contribution in [0.5, 0.6) is 5.75 Å². The van der Waals surface area contributed by atoms with Gasteiger partial charge in [0.25, 0.3) is 5.91 Å². The maximum Gasteiger partial charge on any atom is 0.262 e. The second-order valence-corrected chi connectivity index (χ2v) is 14.4. The molecule has 2 amide bonds. The minimum atomic E-state index is -2.71. The van der Waals surface area contributed by atoms with Gasteiger partial charge < -0.3 is 23.7 Å². The number of likely N-dealkylation sites (tertiary alicyclic amines) is 1. The fourth-order valence-electron chi connectivity index (χ4n) is 9.26. The van der Waals surface area contributed by atoms with Crippen molar-refractivity contribution < 1.29 is 23.1 Å². The first kappa shape index (κ1) is 28.3. The topological polar surface area (TPSA) is 107 Å². The third-order valence-electron chi connectivity index (χ3n) is 11.3. The van der Waals surface area contributed by atoms with Gasteiger partial charge in [0.1, 0.15) is 5.75 Å². The van der Waals surface area contributed by atoms with Crippen molar-refractivity contribution in [1.29, 1.82) is 0 Å². The van der Waals surface area contributed by atoms with E-state index in [1.165, 1.54) is 30.4 Å². The number of amides is 2. The van der Waals surface area contributed by atoms with Crippen LogP contribution in [0.1, 0.15) is 84.7 Å². The molecule has 44 heavy (non-hydrogen) atoms. The van der Waals surface area contributed by atoms with Gasteiger partial charge in [0.05, 0.1) is 18.2 Å². The maximum atomic E-state index is 14.9. The Morgan fingerprint density at radius 1 is 1.02 bits per heavy atom. The van der Waals surface area contributed by atoms with E-state index in [0.717, 1.165) is 73.1 Å². The number of benzene rings is 2. The smallest absolute Gasteiger partial charge is 0.262 e. The number of hydrogen-bond acceptors (Lipinski definition) is 6. The Kier molecular flexibility index (Phi) is 6.70. The van der Waals surface area contributed by atoms with E-state index in [4.69, 9.17) is 4.74 Å². The quantitative estimate of drug-likeness (QED) is 0.418. The third-order valence-corrected chi connectivity index (χ3v) is 11.6. The minimum absolute atomic E-state index is 0.0858. The van der Waals surface area contributed by atoms with E-state index in [1.54, 1.807) is 13.2 Å². The Morgan fingerprint density at radius 3 is 2.48 bits per heavy atom. The maximum absolute atomic E-state index is 14.9. The normalized spacial score (nSPS) is 28.5. The number of carbonyl (C=O) groups is 2. The standard InChI is InChI=1S/C34H40N4O5S/c1-36-17-22-9-10-23(18-36)38(22)33(40)34-16-28(34)27-15-24(43-2)11-13-25(27)31-30(20-6-4-3-5-7-20)26-12-8-21(32(39)35-44(41)42)14-29(26)37(31)19-34/h8,11-15,20,22-23,28H,3-7,9-10,16-19H2,1-2H3,(H,35,39)(H,41,42)/p-1. The Hall–Kier alpha value is -3.21.